The number of hydrogen-bond donors (Lipinski definition) is 1. The molecule has 1 atom stereocenters. The third-order valence-electron chi connectivity index (χ3n) is 2.93. The highest BCUT2D eigenvalue weighted by atomic mass is 35.5. The summed E-state index contributed by atoms with van der Waals surface area (Å²) in [5.41, 5.74) is 1.34. The number of nitrogens with one attached hydrogen (secondary N) is 1. The van der Waals surface area contributed by atoms with Crippen LogP contribution in [-0.4, -0.2) is 23.4 Å². The molecule has 0 saturated heterocycles. The summed E-state index contributed by atoms with van der Waals surface area (Å²) in [7, 11) is 0. The summed E-state index contributed by atoms with van der Waals surface area (Å²) in [6.45, 7) is -2.95. The summed E-state index contributed by atoms with van der Waals surface area (Å²) in [6.07, 6.45) is 1.35. The molecule has 1 aromatic heterocycles. The molecule has 0 aliphatic carbocycles. The maximum Gasteiger partial charge on any atom is 0.388 e. The van der Waals surface area contributed by atoms with Crippen LogP contribution in [0.15, 0.2) is 42.6 Å². The van der Waals surface area contributed by atoms with Crippen molar-refractivity contribution in [1.29, 1.82) is 0 Å². The number of benzene rings is 1. The van der Waals surface area contributed by atoms with Gasteiger partial charge in [-0.1, -0.05) is 23.7 Å². The first-order chi connectivity index (χ1) is 11.0. The van der Waals surface area contributed by atoms with Gasteiger partial charge in [-0.15, -0.1) is 11.6 Å². The van der Waals surface area contributed by atoms with E-state index in [9.17, 15) is 13.6 Å². The SMILES string of the molecule is O=C(CCl)NC(c1ccc(Cl)cc1)c1ccc(OC(F)F)nc1. The van der Waals surface area contributed by atoms with Gasteiger partial charge in [0.1, 0.15) is 5.88 Å². The van der Waals surface area contributed by atoms with Crippen LogP contribution in [-0.2, 0) is 4.79 Å². The van der Waals surface area contributed by atoms with Crippen molar-refractivity contribution in [2.24, 2.45) is 0 Å². The van der Waals surface area contributed by atoms with Gasteiger partial charge < -0.3 is 10.1 Å². The summed E-state index contributed by atoms with van der Waals surface area (Å²) in [5.74, 6) is -0.786. The Hall–Kier alpha value is -1.92. The molecule has 0 bridgehead atoms. The summed E-state index contributed by atoms with van der Waals surface area (Å²) < 4.78 is 28.5. The first-order valence-electron chi connectivity index (χ1n) is 6.51. The highest BCUT2D eigenvalue weighted by Crippen LogP contribution is 2.24. The maximum atomic E-state index is 12.2. The monoisotopic (exact) mass is 360 g/mol. The van der Waals surface area contributed by atoms with Crippen molar-refractivity contribution in [1.82, 2.24) is 10.3 Å². The Morgan fingerprint density at radius 3 is 2.35 bits per heavy atom. The minimum absolute atomic E-state index is 0.204. The first-order valence-corrected chi connectivity index (χ1v) is 7.42. The molecule has 1 amide bonds. The summed E-state index contributed by atoms with van der Waals surface area (Å²) in [6, 6.07) is 9.15. The number of aromatic nitrogens is 1. The van der Waals surface area contributed by atoms with Gasteiger partial charge in [0.15, 0.2) is 0 Å². The second kappa shape index (κ2) is 8.08. The van der Waals surface area contributed by atoms with Crippen molar-refractivity contribution >= 4 is 29.1 Å². The van der Waals surface area contributed by atoms with Crippen LogP contribution in [0.5, 0.6) is 5.88 Å². The average Bonchev–Trinajstić information content (AvgIpc) is 2.54. The summed E-state index contributed by atoms with van der Waals surface area (Å²) in [4.78, 5) is 15.4. The maximum absolute atomic E-state index is 12.2. The van der Waals surface area contributed by atoms with Gasteiger partial charge in [-0.2, -0.15) is 8.78 Å². The Morgan fingerprint density at radius 2 is 1.83 bits per heavy atom. The third kappa shape index (κ3) is 5.04. The molecule has 0 saturated carbocycles. The Kier molecular flexibility index (Phi) is 6.12. The Bertz CT molecular complexity index is 652. The predicted octanol–water partition coefficient (Wildman–Crippen LogP) is 3.78. The molecule has 23 heavy (non-hydrogen) atoms. The van der Waals surface area contributed by atoms with Crippen LogP contribution < -0.4 is 10.1 Å². The van der Waals surface area contributed by atoms with E-state index in [1.807, 2.05) is 0 Å². The number of hydrogen-bond acceptors (Lipinski definition) is 3. The summed E-state index contributed by atoms with van der Waals surface area (Å²) >= 11 is 11.4. The molecular weight excluding hydrogens is 349 g/mol. The molecular formula is C15H12Cl2F2N2O2. The van der Waals surface area contributed by atoms with E-state index in [4.69, 9.17) is 23.2 Å². The van der Waals surface area contributed by atoms with Crippen molar-refractivity contribution in [3.8, 4) is 5.88 Å². The van der Waals surface area contributed by atoms with E-state index in [-0.39, 0.29) is 17.7 Å². The molecule has 122 valence electrons. The highest BCUT2D eigenvalue weighted by molar-refractivity contribution is 6.30. The quantitative estimate of drug-likeness (QED) is 0.797. The molecule has 1 aromatic carbocycles. The molecule has 1 unspecified atom stereocenters. The van der Waals surface area contributed by atoms with E-state index >= 15 is 0 Å². The molecule has 0 spiro atoms. The van der Waals surface area contributed by atoms with Crippen molar-refractivity contribution in [2.45, 2.75) is 12.7 Å². The molecule has 1 N–H and O–H groups in total. The molecule has 0 aliphatic rings. The van der Waals surface area contributed by atoms with Crippen molar-refractivity contribution < 1.29 is 18.3 Å². The number of amides is 1. The van der Waals surface area contributed by atoms with Gasteiger partial charge in [-0.05, 0) is 29.3 Å². The van der Waals surface area contributed by atoms with Crippen LogP contribution in [0, 0.1) is 0 Å². The fourth-order valence-electron chi connectivity index (χ4n) is 1.94. The highest BCUT2D eigenvalue weighted by Gasteiger charge is 2.17. The fraction of sp³-hybridized carbons (Fsp3) is 0.200. The number of nitrogens with zero attached hydrogens (tertiary/aromatic N) is 1. The zero-order chi connectivity index (χ0) is 16.8. The van der Waals surface area contributed by atoms with Crippen LogP contribution in [0.1, 0.15) is 17.2 Å². The van der Waals surface area contributed by atoms with Crippen LogP contribution in [0.25, 0.3) is 0 Å². The zero-order valence-electron chi connectivity index (χ0n) is 11.7. The van der Waals surface area contributed by atoms with Gasteiger partial charge in [-0.3, -0.25) is 4.79 Å². The van der Waals surface area contributed by atoms with E-state index in [0.717, 1.165) is 5.56 Å². The number of halogens is 4. The van der Waals surface area contributed by atoms with Gasteiger partial charge in [0, 0.05) is 17.3 Å². The Balaban J connectivity index is 2.29. The second-order valence-corrected chi connectivity index (χ2v) is 5.20. The number of ether oxygens (including phenoxy) is 1. The molecule has 2 aromatic rings. The van der Waals surface area contributed by atoms with Crippen molar-refractivity contribution in [2.75, 3.05) is 5.88 Å². The van der Waals surface area contributed by atoms with Gasteiger partial charge in [-0.25, -0.2) is 4.98 Å². The summed E-state index contributed by atoms with van der Waals surface area (Å²) in [5, 5.41) is 3.29. The first kappa shape index (κ1) is 17.4. The number of carbonyl (C=O) groups excluding carboxylic acids is 1. The molecule has 8 heteroatoms. The van der Waals surface area contributed by atoms with Crippen molar-refractivity contribution in [3.05, 3.63) is 58.7 Å². The lowest BCUT2D eigenvalue weighted by Crippen LogP contribution is -2.30. The standard InChI is InChI=1S/C15H12Cl2F2N2O2/c16-7-12(22)21-14(9-1-4-11(17)5-2-9)10-3-6-13(20-8-10)23-15(18)19/h1-6,8,14-15H,7H2,(H,21,22). The second-order valence-electron chi connectivity index (χ2n) is 4.49. The van der Waals surface area contributed by atoms with Crippen LogP contribution in [0.4, 0.5) is 8.78 Å². The average molecular weight is 361 g/mol. The molecule has 0 radical (unpaired) electrons. The Labute approximate surface area is 141 Å². The van der Waals surface area contributed by atoms with E-state index in [1.54, 1.807) is 30.3 Å². The normalized spacial score (nSPS) is 12.0. The van der Waals surface area contributed by atoms with Crippen LogP contribution in [0.3, 0.4) is 0 Å². The molecule has 0 aliphatic heterocycles. The van der Waals surface area contributed by atoms with E-state index in [1.165, 1.54) is 12.3 Å². The van der Waals surface area contributed by atoms with E-state index in [2.05, 4.69) is 15.0 Å². The molecule has 4 nitrogen and oxygen atoms in total. The zero-order valence-corrected chi connectivity index (χ0v) is 13.2. The predicted molar refractivity (Wildman–Crippen MR) is 83.0 cm³/mol. The smallest absolute Gasteiger partial charge is 0.388 e. The van der Waals surface area contributed by atoms with Gasteiger partial charge in [0.2, 0.25) is 11.8 Å². The molecule has 0 fully saturated rings. The number of alkyl halides is 3. The van der Waals surface area contributed by atoms with Crippen LogP contribution in [0.2, 0.25) is 5.02 Å². The number of rotatable bonds is 6. The van der Waals surface area contributed by atoms with E-state index < -0.39 is 12.7 Å². The lowest BCUT2D eigenvalue weighted by Gasteiger charge is -2.19. The minimum Gasteiger partial charge on any atom is -0.417 e. The third-order valence-corrected chi connectivity index (χ3v) is 3.43. The Morgan fingerprint density at radius 1 is 1.17 bits per heavy atom. The minimum atomic E-state index is -2.95. The lowest BCUT2D eigenvalue weighted by atomic mass is 10.00. The molecule has 2 rings (SSSR count). The molecule has 1 heterocycles. The van der Waals surface area contributed by atoms with Gasteiger partial charge >= 0.3 is 6.61 Å². The fourth-order valence-corrected chi connectivity index (χ4v) is 2.14. The van der Waals surface area contributed by atoms with Gasteiger partial charge in [0.25, 0.3) is 0 Å². The largest absolute Gasteiger partial charge is 0.417 e. The number of pyridine rings is 1. The topological polar surface area (TPSA) is 51.2 Å². The lowest BCUT2D eigenvalue weighted by molar-refractivity contribution is -0.119. The van der Waals surface area contributed by atoms with Crippen molar-refractivity contribution in [3.63, 3.8) is 0 Å². The number of carbonyl (C=O) groups is 1. The van der Waals surface area contributed by atoms with Gasteiger partial charge in [0.05, 0.1) is 6.04 Å². The van der Waals surface area contributed by atoms with E-state index in [0.29, 0.717) is 10.6 Å². The van der Waals surface area contributed by atoms with Crippen LogP contribution >= 0.6 is 23.2 Å².